The second-order valence-electron chi connectivity index (χ2n) is 6.32. The van der Waals surface area contributed by atoms with Crippen LogP contribution in [0.3, 0.4) is 0 Å². The Hall–Kier alpha value is -1.29. The van der Waals surface area contributed by atoms with Gasteiger partial charge in [-0.15, -0.1) is 0 Å². The average Bonchev–Trinajstić information content (AvgIpc) is 2.42. The lowest BCUT2D eigenvalue weighted by Crippen LogP contribution is -2.36. The van der Waals surface area contributed by atoms with Crippen molar-refractivity contribution in [2.75, 3.05) is 12.4 Å². The van der Waals surface area contributed by atoms with E-state index in [0.29, 0.717) is 11.7 Å². The summed E-state index contributed by atoms with van der Waals surface area (Å²) in [5, 5.41) is 3.22. The van der Waals surface area contributed by atoms with Gasteiger partial charge in [0.15, 0.2) is 0 Å². The Morgan fingerprint density at radius 1 is 1.40 bits per heavy atom. The molecular weight excluding hydrogens is 252 g/mol. The van der Waals surface area contributed by atoms with Crippen LogP contribution in [-0.4, -0.2) is 23.3 Å². The summed E-state index contributed by atoms with van der Waals surface area (Å²) in [5.74, 6) is 0. The van der Waals surface area contributed by atoms with Gasteiger partial charge in [-0.1, -0.05) is 0 Å². The third-order valence-electron chi connectivity index (χ3n) is 4.32. The smallest absolute Gasteiger partial charge is 0.274 e. The highest BCUT2D eigenvalue weighted by Crippen LogP contribution is 2.36. The van der Waals surface area contributed by atoms with Crippen molar-refractivity contribution in [3.63, 3.8) is 0 Å². The average molecular weight is 278 g/mol. The molecule has 20 heavy (non-hydrogen) atoms. The van der Waals surface area contributed by atoms with E-state index in [1.807, 2.05) is 36.7 Å². The normalized spacial score (nSPS) is 26.8. The molecule has 4 heteroatoms. The minimum Gasteiger partial charge on any atom is -0.379 e. The quantitative estimate of drug-likeness (QED) is 0.920. The zero-order chi connectivity index (χ0) is 14.8. The van der Waals surface area contributed by atoms with Crippen molar-refractivity contribution in [1.82, 2.24) is 4.57 Å². The van der Waals surface area contributed by atoms with Gasteiger partial charge in [-0.05, 0) is 58.6 Å². The Morgan fingerprint density at radius 3 is 2.60 bits per heavy atom. The molecule has 1 saturated carbocycles. The minimum atomic E-state index is -0.0199. The van der Waals surface area contributed by atoms with Crippen molar-refractivity contribution in [3.8, 4) is 0 Å². The van der Waals surface area contributed by atoms with Gasteiger partial charge in [-0.3, -0.25) is 4.79 Å². The highest BCUT2D eigenvalue weighted by Gasteiger charge is 2.31. The third kappa shape index (κ3) is 3.23. The molecule has 0 spiro atoms. The van der Waals surface area contributed by atoms with Gasteiger partial charge in [0.05, 0.1) is 5.60 Å². The highest BCUT2D eigenvalue weighted by molar-refractivity contribution is 5.41. The summed E-state index contributed by atoms with van der Waals surface area (Å²) >= 11 is 0. The maximum atomic E-state index is 12.5. The minimum absolute atomic E-state index is 0.0199. The first-order valence-corrected chi connectivity index (χ1v) is 7.48. The van der Waals surface area contributed by atoms with E-state index in [2.05, 4.69) is 12.2 Å². The Labute approximate surface area is 121 Å². The topological polar surface area (TPSA) is 43.3 Å². The van der Waals surface area contributed by atoms with E-state index in [9.17, 15) is 4.79 Å². The molecule has 0 saturated heterocycles. The number of rotatable bonds is 4. The zero-order valence-corrected chi connectivity index (χ0v) is 13.0. The van der Waals surface area contributed by atoms with E-state index in [1.54, 1.807) is 7.11 Å². The van der Waals surface area contributed by atoms with Gasteiger partial charge in [0.25, 0.3) is 5.56 Å². The van der Waals surface area contributed by atoms with Gasteiger partial charge >= 0.3 is 0 Å². The summed E-state index contributed by atoms with van der Waals surface area (Å²) in [6, 6.07) is 4.37. The molecule has 0 aromatic carbocycles. The molecule has 1 aliphatic rings. The number of hydrogen-bond donors (Lipinski definition) is 1. The molecule has 0 bridgehead atoms. The molecule has 4 nitrogen and oxygen atoms in total. The number of aromatic nitrogens is 1. The SMILES string of the molecule is CO[C@]1(C)CC[C@@H](n2cccc(NC(C)C)c2=O)CC1. The maximum Gasteiger partial charge on any atom is 0.274 e. The number of ether oxygens (including phenoxy) is 1. The molecule has 1 N–H and O–H groups in total. The van der Waals surface area contributed by atoms with Crippen LogP contribution in [0.5, 0.6) is 0 Å². The van der Waals surface area contributed by atoms with Crippen LogP contribution in [0.4, 0.5) is 5.69 Å². The first kappa shape index (κ1) is 15.1. The van der Waals surface area contributed by atoms with Gasteiger partial charge in [-0.25, -0.2) is 0 Å². The molecule has 0 aliphatic heterocycles. The molecule has 1 aromatic heterocycles. The number of nitrogens with one attached hydrogen (secondary N) is 1. The van der Waals surface area contributed by atoms with E-state index in [0.717, 1.165) is 25.7 Å². The lowest BCUT2D eigenvalue weighted by molar-refractivity contribution is -0.0324. The number of pyridine rings is 1. The van der Waals surface area contributed by atoms with Crippen LogP contribution < -0.4 is 10.9 Å². The molecule has 0 radical (unpaired) electrons. The summed E-state index contributed by atoms with van der Waals surface area (Å²) in [4.78, 5) is 12.5. The fraction of sp³-hybridized carbons (Fsp3) is 0.688. The standard InChI is InChI=1S/C16H26N2O2/c1-12(2)17-14-6-5-11-18(15(14)19)13-7-9-16(3,20-4)10-8-13/h5-6,11-13,17H,7-10H2,1-4H3/t13-,16-. The highest BCUT2D eigenvalue weighted by atomic mass is 16.5. The number of nitrogens with zero attached hydrogens (tertiary/aromatic N) is 1. The predicted octanol–water partition coefficient (Wildman–Crippen LogP) is 3.19. The first-order chi connectivity index (χ1) is 9.45. The molecule has 0 unspecified atom stereocenters. The number of hydrogen-bond acceptors (Lipinski definition) is 3. The van der Waals surface area contributed by atoms with E-state index in [1.165, 1.54) is 0 Å². The molecular formula is C16H26N2O2. The van der Waals surface area contributed by atoms with E-state index in [-0.39, 0.29) is 17.2 Å². The van der Waals surface area contributed by atoms with E-state index < -0.39 is 0 Å². The summed E-state index contributed by atoms with van der Waals surface area (Å²) < 4.78 is 7.46. The summed E-state index contributed by atoms with van der Waals surface area (Å²) in [6.45, 7) is 6.24. The summed E-state index contributed by atoms with van der Waals surface area (Å²) in [6.07, 6.45) is 5.91. The fourth-order valence-electron chi connectivity index (χ4n) is 2.91. The largest absolute Gasteiger partial charge is 0.379 e. The van der Waals surface area contributed by atoms with E-state index >= 15 is 0 Å². The fourth-order valence-corrected chi connectivity index (χ4v) is 2.91. The lowest BCUT2D eigenvalue weighted by Gasteiger charge is -2.36. The van der Waals surface area contributed by atoms with Crippen molar-refractivity contribution >= 4 is 5.69 Å². The first-order valence-electron chi connectivity index (χ1n) is 7.48. The van der Waals surface area contributed by atoms with Crippen LogP contribution in [0, 0.1) is 0 Å². The number of methoxy groups -OCH3 is 1. The second-order valence-corrected chi connectivity index (χ2v) is 6.32. The molecule has 0 atom stereocenters. The molecule has 1 aliphatic carbocycles. The third-order valence-corrected chi connectivity index (χ3v) is 4.32. The van der Waals surface area contributed by atoms with Gasteiger partial charge < -0.3 is 14.6 Å². The monoisotopic (exact) mass is 278 g/mol. The van der Waals surface area contributed by atoms with Crippen LogP contribution in [0.1, 0.15) is 52.5 Å². The predicted molar refractivity (Wildman–Crippen MR) is 82.4 cm³/mol. The van der Waals surface area contributed by atoms with Gasteiger partial charge in [0.2, 0.25) is 0 Å². The second kappa shape index (κ2) is 6.00. The van der Waals surface area contributed by atoms with Crippen LogP contribution in [-0.2, 0) is 4.74 Å². The van der Waals surface area contributed by atoms with Crippen molar-refractivity contribution in [1.29, 1.82) is 0 Å². The number of anilines is 1. The van der Waals surface area contributed by atoms with Crippen molar-refractivity contribution in [2.24, 2.45) is 0 Å². The molecule has 1 heterocycles. The summed E-state index contributed by atoms with van der Waals surface area (Å²) in [5.41, 5.74) is 0.767. The van der Waals surface area contributed by atoms with Crippen molar-refractivity contribution in [3.05, 3.63) is 28.7 Å². The van der Waals surface area contributed by atoms with Gasteiger partial charge in [0, 0.05) is 25.4 Å². The zero-order valence-electron chi connectivity index (χ0n) is 13.0. The van der Waals surface area contributed by atoms with Crippen molar-refractivity contribution in [2.45, 2.75) is 64.1 Å². The molecule has 2 rings (SSSR count). The molecule has 1 fully saturated rings. The molecule has 112 valence electrons. The molecule has 0 amide bonds. The Balaban J connectivity index is 2.16. The van der Waals surface area contributed by atoms with Crippen LogP contribution in [0.2, 0.25) is 0 Å². The van der Waals surface area contributed by atoms with E-state index in [4.69, 9.17) is 4.74 Å². The lowest BCUT2D eigenvalue weighted by atomic mass is 9.83. The Morgan fingerprint density at radius 2 is 2.05 bits per heavy atom. The maximum absolute atomic E-state index is 12.5. The summed E-state index contributed by atoms with van der Waals surface area (Å²) in [7, 11) is 1.78. The van der Waals surface area contributed by atoms with Crippen molar-refractivity contribution < 1.29 is 4.74 Å². The molecule has 1 aromatic rings. The Bertz CT molecular complexity index is 499. The van der Waals surface area contributed by atoms with Crippen LogP contribution in [0.15, 0.2) is 23.1 Å². The van der Waals surface area contributed by atoms with Crippen LogP contribution in [0.25, 0.3) is 0 Å². The van der Waals surface area contributed by atoms with Gasteiger partial charge in [0.1, 0.15) is 5.69 Å². The Kier molecular flexibility index (Phi) is 4.53. The van der Waals surface area contributed by atoms with Crippen LogP contribution >= 0.6 is 0 Å². The van der Waals surface area contributed by atoms with Gasteiger partial charge in [-0.2, -0.15) is 0 Å².